The van der Waals surface area contributed by atoms with E-state index in [-0.39, 0.29) is 12.0 Å². The second kappa shape index (κ2) is 6.35. The van der Waals surface area contributed by atoms with Crippen molar-refractivity contribution in [2.45, 2.75) is 39.2 Å². The van der Waals surface area contributed by atoms with Gasteiger partial charge in [-0.3, -0.25) is 0 Å². The van der Waals surface area contributed by atoms with Crippen molar-refractivity contribution in [3.05, 3.63) is 30.1 Å². The van der Waals surface area contributed by atoms with Crippen LogP contribution in [0.1, 0.15) is 31.7 Å². The number of H-pyrrole nitrogens is 1. The van der Waals surface area contributed by atoms with Gasteiger partial charge in [-0.05, 0) is 45.2 Å². The molecule has 0 aliphatic carbocycles. The Morgan fingerprint density at radius 1 is 1.36 bits per heavy atom. The molecule has 25 heavy (non-hydrogen) atoms. The Labute approximate surface area is 146 Å². The zero-order valence-electron chi connectivity index (χ0n) is 14.6. The van der Waals surface area contributed by atoms with Gasteiger partial charge in [-0.15, -0.1) is 0 Å². The topological polar surface area (TPSA) is 71.1 Å². The Morgan fingerprint density at radius 3 is 3.08 bits per heavy atom. The fourth-order valence-corrected chi connectivity index (χ4v) is 3.68. The molecule has 0 bridgehead atoms. The van der Waals surface area contributed by atoms with E-state index in [2.05, 4.69) is 45.0 Å². The molecule has 0 spiro atoms. The predicted molar refractivity (Wildman–Crippen MR) is 97.7 cm³/mol. The molecule has 6 nitrogen and oxygen atoms in total. The third kappa shape index (κ3) is 2.71. The van der Waals surface area contributed by atoms with Gasteiger partial charge < -0.3 is 14.6 Å². The molecular weight excluding hydrogens is 316 g/mol. The molecule has 3 aromatic rings. The summed E-state index contributed by atoms with van der Waals surface area (Å²) in [5.74, 6) is 0.623. The van der Waals surface area contributed by atoms with Crippen molar-refractivity contribution in [1.82, 2.24) is 15.0 Å². The molecule has 130 valence electrons. The average molecular weight is 338 g/mol. The Morgan fingerprint density at radius 2 is 2.24 bits per heavy atom. The number of esters is 1. The Kier molecular flexibility index (Phi) is 4.03. The van der Waals surface area contributed by atoms with Gasteiger partial charge in [-0.2, -0.15) is 0 Å². The van der Waals surface area contributed by atoms with E-state index in [1.807, 2.05) is 6.92 Å². The number of benzene rings is 1. The highest BCUT2D eigenvalue weighted by Gasteiger charge is 2.32. The van der Waals surface area contributed by atoms with E-state index in [9.17, 15) is 4.79 Å². The monoisotopic (exact) mass is 338 g/mol. The summed E-state index contributed by atoms with van der Waals surface area (Å²) in [7, 11) is 0. The normalized spacial score (nSPS) is 18.0. The average Bonchev–Trinajstić information content (AvgIpc) is 3.00. The van der Waals surface area contributed by atoms with Crippen LogP contribution in [0.25, 0.3) is 21.9 Å². The molecule has 0 saturated carbocycles. The van der Waals surface area contributed by atoms with Crippen LogP contribution < -0.4 is 4.90 Å². The summed E-state index contributed by atoms with van der Waals surface area (Å²) in [6, 6.07) is 5.99. The molecular formula is C19H22N4O2. The first-order valence-corrected chi connectivity index (χ1v) is 8.85. The van der Waals surface area contributed by atoms with Crippen LogP contribution >= 0.6 is 0 Å². The van der Waals surface area contributed by atoms with E-state index in [1.165, 1.54) is 5.56 Å². The Hall–Kier alpha value is -2.63. The van der Waals surface area contributed by atoms with Gasteiger partial charge >= 0.3 is 5.97 Å². The van der Waals surface area contributed by atoms with Gasteiger partial charge in [0.05, 0.1) is 6.61 Å². The highest BCUT2D eigenvalue weighted by atomic mass is 16.5. The van der Waals surface area contributed by atoms with Crippen molar-refractivity contribution in [3.63, 3.8) is 0 Å². The van der Waals surface area contributed by atoms with E-state index in [0.717, 1.165) is 53.6 Å². The standard InChI is InChI=1S/C19H22N4O2/c1-3-25-19(24)15-6-4-5-9-23(15)18-17-16(20-11-21-18)13-10-12(2)7-8-14(13)22-17/h7-8,10-11,15,22H,3-6,9H2,1-2H3/t15-/m0/s1. The van der Waals surface area contributed by atoms with Gasteiger partial charge in [0, 0.05) is 17.4 Å². The second-order valence-corrected chi connectivity index (χ2v) is 6.55. The van der Waals surface area contributed by atoms with Crippen molar-refractivity contribution in [2.75, 3.05) is 18.1 Å². The minimum absolute atomic E-state index is 0.166. The summed E-state index contributed by atoms with van der Waals surface area (Å²) in [4.78, 5) is 26.9. The number of rotatable bonds is 3. The summed E-state index contributed by atoms with van der Waals surface area (Å²) in [6.45, 7) is 5.10. The first-order valence-electron chi connectivity index (χ1n) is 8.85. The second-order valence-electron chi connectivity index (χ2n) is 6.55. The summed E-state index contributed by atoms with van der Waals surface area (Å²) in [5, 5.41) is 1.09. The number of carbonyl (C=O) groups is 1. The van der Waals surface area contributed by atoms with Gasteiger partial charge in [-0.1, -0.05) is 11.6 Å². The highest BCUT2D eigenvalue weighted by molar-refractivity contribution is 6.08. The molecule has 3 heterocycles. The number of aryl methyl sites for hydroxylation is 1. The van der Waals surface area contributed by atoms with E-state index in [0.29, 0.717) is 6.61 Å². The number of hydrogen-bond acceptors (Lipinski definition) is 5. The smallest absolute Gasteiger partial charge is 0.328 e. The van der Waals surface area contributed by atoms with E-state index in [1.54, 1.807) is 6.33 Å². The maximum atomic E-state index is 12.4. The maximum absolute atomic E-state index is 12.4. The fourth-order valence-electron chi connectivity index (χ4n) is 3.68. The lowest BCUT2D eigenvalue weighted by molar-refractivity contribution is -0.145. The number of aromatic nitrogens is 3. The zero-order valence-corrected chi connectivity index (χ0v) is 14.6. The summed E-state index contributed by atoms with van der Waals surface area (Å²) >= 11 is 0. The van der Waals surface area contributed by atoms with E-state index < -0.39 is 0 Å². The lowest BCUT2D eigenvalue weighted by Gasteiger charge is -2.34. The quantitative estimate of drug-likeness (QED) is 0.742. The first-order chi connectivity index (χ1) is 12.2. The minimum Gasteiger partial charge on any atom is -0.464 e. The van der Waals surface area contributed by atoms with E-state index >= 15 is 0 Å². The summed E-state index contributed by atoms with van der Waals surface area (Å²) < 4.78 is 5.29. The van der Waals surface area contributed by atoms with Crippen molar-refractivity contribution in [1.29, 1.82) is 0 Å². The first kappa shape index (κ1) is 15.9. The molecule has 0 amide bonds. The Balaban J connectivity index is 1.84. The minimum atomic E-state index is -0.278. The van der Waals surface area contributed by atoms with Gasteiger partial charge in [0.15, 0.2) is 5.82 Å². The molecule has 1 atom stereocenters. The molecule has 1 aliphatic heterocycles. The third-order valence-corrected chi connectivity index (χ3v) is 4.85. The van der Waals surface area contributed by atoms with Crippen LogP contribution in [0.15, 0.2) is 24.5 Å². The predicted octanol–water partition coefficient (Wildman–Crippen LogP) is 3.34. The van der Waals surface area contributed by atoms with Crippen molar-refractivity contribution < 1.29 is 9.53 Å². The number of nitrogens with zero attached hydrogens (tertiary/aromatic N) is 3. The van der Waals surface area contributed by atoms with Crippen LogP contribution in [0.2, 0.25) is 0 Å². The zero-order chi connectivity index (χ0) is 17.4. The number of piperidine rings is 1. The van der Waals surface area contributed by atoms with Crippen LogP contribution in [-0.4, -0.2) is 40.1 Å². The van der Waals surface area contributed by atoms with Crippen LogP contribution in [0.4, 0.5) is 5.82 Å². The van der Waals surface area contributed by atoms with Gasteiger partial charge in [0.25, 0.3) is 0 Å². The number of carbonyl (C=O) groups excluding carboxylic acids is 1. The molecule has 2 aromatic heterocycles. The molecule has 1 fully saturated rings. The van der Waals surface area contributed by atoms with Crippen LogP contribution in [-0.2, 0) is 9.53 Å². The highest BCUT2D eigenvalue weighted by Crippen LogP contribution is 2.32. The number of aromatic amines is 1. The van der Waals surface area contributed by atoms with Crippen molar-refractivity contribution in [3.8, 4) is 0 Å². The van der Waals surface area contributed by atoms with Gasteiger partial charge in [-0.25, -0.2) is 14.8 Å². The maximum Gasteiger partial charge on any atom is 0.328 e. The summed E-state index contributed by atoms with van der Waals surface area (Å²) in [5.41, 5.74) is 4.01. The lowest BCUT2D eigenvalue weighted by Crippen LogP contribution is -2.46. The molecule has 4 rings (SSSR count). The van der Waals surface area contributed by atoms with E-state index in [4.69, 9.17) is 4.74 Å². The molecule has 1 N–H and O–H groups in total. The summed E-state index contributed by atoms with van der Waals surface area (Å²) in [6.07, 6.45) is 4.45. The number of fused-ring (bicyclic) bond motifs is 3. The third-order valence-electron chi connectivity index (χ3n) is 4.85. The number of hydrogen-bond donors (Lipinski definition) is 1. The van der Waals surface area contributed by atoms with Gasteiger partial charge in [0.1, 0.15) is 23.4 Å². The molecule has 1 aromatic carbocycles. The SMILES string of the molecule is CCOC(=O)[C@@H]1CCCCN1c1ncnc2c1[nH]c1ccc(C)cc12. The van der Waals surface area contributed by atoms with Crippen molar-refractivity contribution in [2.24, 2.45) is 0 Å². The number of anilines is 1. The Bertz CT molecular complexity index is 934. The van der Waals surface area contributed by atoms with Crippen LogP contribution in [0.5, 0.6) is 0 Å². The van der Waals surface area contributed by atoms with Crippen molar-refractivity contribution >= 4 is 33.7 Å². The largest absolute Gasteiger partial charge is 0.464 e. The molecule has 0 radical (unpaired) electrons. The number of nitrogens with one attached hydrogen (secondary N) is 1. The molecule has 1 aliphatic rings. The fraction of sp³-hybridized carbons (Fsp3) is 0.421. The molecule has 0 unspecified atom stereocenters. The van der Waals surface area contributed by atoms with Gasteiger partial charge in [0.2, 0.25) is 0 Å². The van der Waals surface area contributed by atoms with Crippen LogP contribution in [0.3, 0.4) is 0 Å². The molecule has 1 saturated heterocycles. The van der Waals surface area contributed by atoms with Crippen LogP contribution in [0, 0.1) is 6.92 Å². The molecule has 6 heteroatoms. The lowest BCUT2D eigenvalue weighted by atomic mass is 10.0. The number of ether oxygens (including phenoxy) is 1.